The van der Waals surface area contributed by atoms with Gasteiger partial charge in [0.1, 0.15) is 12.6 Å². The van der Waals surface area contributed by atoms with Gasteiger partial charge in [-0.2, -0.15) is 0 Å². The third-order valence-corrected chi connectivity index (χ3v) is 5.35. The van der Waals surface area contributed by atoms with Crippen molar-refractivity contribution in [3.8, 4) is 0 Å². The van der Waals surface area contributed by atoms with Crippen LogP contribution in [0.25, 0.3) is 0 Å². The summed E-state index contributed by atoms with van der Waals surface area (Å²) < 4.78 is 2.81. The van der Waals surface area contributed by atoms with Crippen molar-refractivity contribution in [1.82, 2.24) is 4.90 Å². The summed E-state index contributed by atoms with van der Waals surface area (Å²) in [5, 5.41) is 0. The number of hydrogen-bond acceptors (Lipinski definition) is 1. The molecular formula is C19H37N2+. The Balaban J connectivity index is 2.37. The second kappa shape index (κ2) is 6.30. The molecule has 0 unspecified atom stereocenters. The number of amidine groups is 1. The average Bonchev–Trinajstić information content (AvgIpc) is 2.80. The summed E-state index contributed by atoms with van der Waals surface area (Å²) in [4.78, 5) is 2.75. The molecule has 1 fully saturated rings. The van der Waals surface area contributed by atoms with E-state index in [1.807, 2.05) is 0 Å². The molecule has 1 aliphatic carbocycles. The Morgan fingerprint density at radius 2 is 1.57 bits per heavy atom. The zero-order valence-electron chi connectivity index (χ0n) is 15.4. The van der Waals surface area contributed by atoms with Crippen LogP contribution in [0.15, 0.2) is 0 Å². The van der Waals surface area contributed by atoms with Gasteiger partial charge in [-0.1, -0.05) is 41.0 Å². The minimum atomic E-state index is 0.341. The van der Waals surface area contributed by atoms with Crippen LogP contribution in [0.1, 0.15) is 80.6 Å². The Labute approximate surface area is 132 Å². The highest BCUT2D eigenvalue weighted by atomic mass is 15.4. The van der Waals surface area contributed by atoms with E-state index in [2.05, 4.69) is 57.9 Å². The summed E-state index contributed by atoms with van der Waals surface area (Å²) >= 11 is 0. The Morgan fingerprint density at radius 1 is 1.00 bits per heavy atom. The molecule has 1 saturated carbocycles. The van der Waals surface area contributed by atoms with Gasteiger partial charge in [0.15, 0.2) is 0 Å². The van der Waals surface area contributed by atoms with E-state index < -0.39 is 0 Å². The van der Waals surface area contributed by atoms with Crippen LogP contribution >= 0.6 is 0 Å². The van der Waals surface area contributed by atoms with Gasteiger partial charge < -0.3 is 0 Å². The first kappa shape index (κ1) is 16.8. The van der Waals surface area contributed by atoms with Crippen molar-refractivity contribution in [2.75, 3.05) is 6.54 Å². The summed E-state index contributed by atoms with van der Waals surface area (Å²) in [5.74, 6) is 2.25. The maximum Gasteiger partial charge on any atom is 0.250 e. The quantitative estimate of drug-likeness (QED) is 0.693. The van der Waals surface area contributed by atoms with Crippen LogP contribution in [0.2, 0.25) is 0 Å². The minimum absolute atomic E-state index is 0.341. The molecule has 0 aromatic heterocycles. The lowest BCUT2D eigenvalue weighted by atomic mass is 9.85. The van der Waals surface area contributed by atoms with Crippen LogP contribution < -0.4 is 0 Å². The molecule has 2 rings (SSSR count). The van der Waals surface area contributed by atoms with E-state index in [1.54, 1.807) is 5.84 Å². The summed E-state index contributed by atoms with van der Waals surface area (Å²) in [6, 6.07) is 2.04. The highest BCUT2D eigenvalue weighted by Gasteiger charge is 2.49. The molecule has 122 valence electrons. The predicted molar refractivity (Wildman–Crippen MR) is 92.1 cm³/mol. The van der Waals surface area contributed by atoms with Crippen LogP contribution in [0.5, 0.6) is 0 Å². The molecule has 0 aromatic carbocycles. The fraction of sp³-hybridized carbons (Fsp3) is 0.947. The van der Waals surface area contributed by atoms with Gasteiger partial charge in [-0.3, -0.25) is 9.48 Å². The highest BCUT2D eigenvalue weighted by molar-refractivity contribution is 5.81. The van der Waals surface area contributed by atoms with Crippen molar-refractivity contribution in [3.05, 3.63) is 0 Å². The molecule has 2 nitrogen and oxygen atoms in total. The average molecular weight is 294 g/mol. The van der Waals surface area contributed by atoms with Crippen LogP contribution in [-0.4, -0.2) is 40.0 Å². The standard InChI is InChI=1S/C19H37N2/c1-14(2)18-20(16-11-9-8-10-12-16)13-17(19(5,6)7)21(18)15(3)4/h14-17H,8-13H2,1-7H3/q+1/t17-/m0/s1. The van der Waals surface area contributed by atoms with Crippen molar-refractivity contribution in [1.29, 1.82) is 0 Å². The van der Waals surface area contributed by atoms with Crippen molar-refractivity contribution in [2.24, 2.45) is 11.3 Å². The fourth-order valence-electron chi connectivity index (χ4n) is 4.35. The maximum atomic E-state index is 2.81. The molecular weight excluding hydrogens is 256 g/mol. The number of nitrogens with zero attached hydrogens (tertiary/aromatic N) is 2. The zero-order chi connectivity index (χ0) is 15.8. The molecule has 0 spiro atoms. The van der Waals surface area contributed by atoms with E-state index in [-0.39, 0.29) is 0 Å². The Bertz CT molecular complexity index is 381. The van der Waals surface area contributed by atoms with E-state index in [0.29, 0.717) is 23.4 Å². The van der Waals surface area contributed by atoms with Crippen molar-refractivity contribution < 1.29 is 4.58 Å². The molecule has 2 aliphatic rings. The summed E-state index contributed by atoms with van der Waals surface area (Å²) in [5.41, 5.74) is 0.341. The van der Waals surface area contributed by atoms with Gasteiger partial charge in [0.2, 0.25) is 5.84 Å². The topological polar surface area (TPSA) is 6.25 Å². The van der Waals surface area contributed by atoms with Gasteiger partial charge in [0, 0.05) is 5.41 Å². The Morgan fingerprint density at radius 3 is 2.00 bits per heavy atom. The minimum Gasteiger partial charge on any atom is -0.258 e. The molecule has 21 heavy (non-hydrogen) atoms. The van der Waals surface area contributed by atoms with Crippen LogP contribution in [0.3, 0.4) is 0 Å². The van der Waals surface area contributed by atoms with Gasteiger partial charge in [0.25, 0.3) is 0 Å². The van der Waals surface area contributed by atoms with Crippen LogP contribution in [0, 0.1) is 11.3 Å². The van der Waals surface area contributed by atoms with Crippen molar-refractivity contribution in [2.45, 2.75) is 98.7 Å². The van der Waals surface area contributed by atoms with E-state index in [0.717, 1.165) is 6.04 Å². The molecule has 0 N–H and O–H groups in total. The van der Waals surface area contributed by atoms with Gasteiger partial charge in [-0.15, -0.1) is 0 Å². The van der Waals surface area contributed by atoms with Gasteiger partial charge >= 0.3 is 0 Å². The first-order valence-corrected chi connectivity index (χ1v) is 9.15. The first-order valence-electron chi connectivity index (χ1n) is 9.15. The summed E-state index contributed by atoms with van der Waals surface area (Å²) in [7, 11) is 0. The molecule has 1 atom stereocenters. The second-order valence-corrected chi connectivity index (χ2v) is 8.84. The van der Waals surface area contributed by atoms with Crippen LogP contribution in [0.4, 0.5) is 0 Å². The van der Waals surface area contributed by atoms with Gasteiger partial charge in [-0.25, -0.2) is 0 Å². The first-order chi connectivity index (χ1) is 9.73. The number of hydrogen-bond donors (Lipinski definition) is 0. The van der Waals surface area contributed by atoms with Crippen molar-refractivity contribution in [3.63, 3.8) is 0 Å². The lowest BCUT2D eigenvalue weighted by Crippen LogP contribution is -2.49. The van der Waals surface area contributed by atoms with E-state index in [9.17, 15) is 0 Å². The molecule has 0 radical (unpaired) electrons. The van der Waals surface area contributed by atoms with E-state index in [1.165, 1.54) is 38.6 Å². The smallest absolute Gasteiger partial charge is 0.250 e. The molecule has 0 aromatic rings. The Kier molecular flexibility index (Phi) is 5.05. The molecule has 1 aliphatic heterocycles. The molecule has 0 saturated heterocycles. The highest BCUT2D eigenvalue weighted by Crippen LogP contribution is 2.34. The molecule has 0 amide bonds. The SMILES string of the molecule is CC(C)C1=[N+](C2CCCCC2)C[C@@H](C(C)(C)C)N1C(C)C. The fourth-order valence-corrected chi connectivity index (χ4v) is 4.35. The summed E-state index contributed by atoms with van der Waals surface area (Å²) in [6.45, 7) is 18.0. The lowest BCUT2D eigenvalue weighted by Gasteiger charge is -2.33. The second-order valence-electron chi connectivity index (χ2n) is 8.84. The molecule has 2 heteroatoms. The van der Waals surface area contributed by atoms with Crippen molar-refractivity contribution >= 4 is 5.84 Å². The molecule has 1 heterocycles. The number of rotatable bonds is 3. The van der Waals surface area contributed by atoms with Crippen LogP contribution in [-0.2, 0) is 0 Å². The zero-order valence-corrected chi connectivity index (χ0v) is 15.4. The summed E-state index contributed by atoms with van der Waals surface area (Å²) in [6.07, 6.45) is 7.10. The largest absolute Gasteiger partial charge is 0.258 e. The predicted octanol–water partition coefficient (Wildman–Crippen LogP) is 4.52. The third kappa shape index (κ3) is 3.46. The third-order valence-electron chi connectivity index (χ3n) is 5.35. The van der Waals surface area contributed by atoms with Gasteiger partial charge in [0.05, 0.1) is 18.0 Å². The van der Waals surface area contributed by atoms with E-state index >= 15 is 0 Å². The molecule has 0 bridgehead atoms. The van der Waals surface area contributed by atoms with E-state index in [4.69, 9.17) is 0 Å². The normalized spacial score (nSPS) is 25.6. The lowest BCUT2D eigenvalue weighted by molar-refractivity contribution is -0.566. The maximum absolute atomic E-state index is 2.81. The monoisotopic (exact) mass is 293 g/mol. The van der Waals surface area contributed by atoms with Gasteiger partial charge in [-0.05, 0) is 39.5 Å². The Hall–Kier alpha value is -0.530.